The van der Waals surface area contributed by atoms with Gasteiger partial charge in [0.05, 0.1) is 12.6 Å². The van der Waals surface area contributed by atoms with Crippen LogP contribution in [0.5, 0.6) is 5.88 Å². The van der Waals surface area contributed by atoms with Crippen LogP contribution in [0.15, 0.2) is 30.3 Å². The van der Waals surface area contributed by atoms with E-state index in [1.54, 1.807) is 7.11 Å². The molecule has 2 aromatic rings. The smallest absolute Gasteiger partial charge is 0.321 e. The van der Waals surface area contributed by atoms with Crippen LogP contribution in [0.2, 0.25) is 0 Å². The third-order valence-corrected chi connectivity index (χ3v) is 4.81. The first-order valence-electron chi connectivity index (χ1n) is 8.78. The number of urea groups is 1. The van der Waals surface area contributed by atoms with E-state index in [0.29, 0.717) is 11.8 Å². The third-order valence-electron chi connectivity index (χ3n) is 4.81. The minimum Gasteiger partial charge on any atom is -0.481 e. The average Bonchev–Trinajstić information content (AvgIpc) is 3.09. The number of carbonyl (C=O) groups is 1. The maximum atomic E-state index is 12.5. The fourth-order valence-electron chi connectivity index (χ4n) is 3.24. The fourth-order valence-corrected chi connectivity index (χ4v) is 3.24. The molecular formula is C19H26N4O2. The molecule has 0 unspecified atom stereocenters. The molecule has 1 aromatic carbocycles. The van der Waals surface area contributed by atoms with Gasteiger partial charge in [-0.05, 0) is 50.2 Å². The number of likely N-dealkylation sites (tertiary alicyclic amines) is 1. The second-order valence-electron chi connectivity index (χ2n) is 6.65. The number of methoxy groups -OCH3 is 1. The first kappa shape index (κ1) is 17.5. The molecule has 1 N–H and O–H groups in total. The highest BCUT2D eigenvalue weighted by Gasteiger charge is 2.26. The molecule has 6 nitrogen and oxygen atoms in total. The van der Waals surface area contributed by atoms with E-state index in [9.17, 15) is 4.79 Å². The van der Waals surface area contributed by atoms with Gasteiger partial charge in [0.2, 0.25) is 5.88 Å². The Morgan fingerprint density at radius 3 is 3.00 bits per heavy atom. The number of amides is 2. The Morgan fingerprint density at radius 1 is 1.40 bits per heavy atom. The Hall–Kier alpha value is -2.34. The van der Waals surface area contributed by atoms with Crippen molar-refractivity contribution in [3.63, 3.8) is 0 Å². The van der Waals surface area contributed by atoms with Crippen molar-refractivity contribution in [3.8, 4) is 5.88 Å². The van der Waals surface area contributed by atoms with Gasteiger partial charge in [0.15, 0.2) is 0 Å². The van der Waals surface area contributed by atoms with Crippen molar-refractivity contribution in [2.75, 3.05) is 45.7 Å². The zero-order valence-corrected chi connectivity index (χ0v) is 15.2. The molecule has 1 atom stereocenters. The van der Waals surface area contributed by atoms with Crippen LogP contribution in [0.25, 0.3) is 10.9 Å². The summed E-state index contributed by atoms with van der Waals surface area (Å²) in [4.78, 5) is 21.1. The standard InChI is InChI=1S/C19H26N4O2/c1-4-22(2)12-14-9-10-23(13-14)19(24)20-16-6-7-17-15(11-16)5-8-18(21-17)25-3/h5-8,11,14H,4,9-10,12-13H2,1-3H3,(H,20,24)/t14-/m1/s1. The quantitative estimate of drug-likeness (QED) is 0.907. The summed E-state index contributed by atoms with van der Waals surface area (Å²) in [6, 6.07) is 9.47. The van der Waals surface area contributed by atoms with Crippen LogP contribution in [0.4, 0.5) is 10.5 Å². The Bertz CT molecular complexity index is 749. The molecule has 134 valence electrons. The van der Waals surface area contributed by atoms with E-state index >= 15 is 0 Å². The maximum absolute atomic E-state index is 12.5. The average molecular weight is 342 g/mol. The molecule has 1 aromatic heterocycles. The highest BCUT2D eigenvalue weighted by molar-refractivity contribution is 5.92. The second kappa shape index (κ2) is 7.70. The van der Waals surface area contributed by atoms with Crippen LogP contribution < -0.4 is 10.1 Å². The maximum Gasteiger partial charge on any atom is 0.321 e. The lowest BCUT2D eigenvalue weighted by Gasteiger charge is -2.20. The number of hydrogen-bond donors (Lipinski definition) is 1. The predicted octanol–water partition coefficient (Wildman–Crippen LogP) is 3.05. The number of rotatable bonds is 5. The highest BCUT2D eigenvalue weighted by atomic mass is 16.5. The lowest BCUT2D eigenvalue weighted by Crippen LogP contribution is -2.34. The summed E-state index contributed by atoms with van der Waals surface area (Å²) in [6.45, 7) is 5.88. The van der Waals surface area contributed by atoms with Crippen molar-refractivity contribution in [1.82, 2.24) is 14.8 Å². The van der Waals surface area contributed by atoms with Gasteiger partial charge in [0, 0.05) is 36.8 Å². The summed E-state index contributed by atoms with van der Waals surface area (Å²) < 4.78 is 5.14. The van der Waals surface area contributed by atoms with Crippen molar-refractivity contribution in [2.24, 2.45) is 5.92 Å². The van der Waals surface area contributed by atoms with Gasteiger partial charge >= 0.3 is 6.03 Å². The predicted molar refractivity (Wildman–Crippen MR) is 100 cm³/mol. The van der Waals surface area contributed by atoms with Crippen LogP contribution in [0, 0.1) is 5.92 Å². The van der Waals surface area contributed by atoms with Gasteiger partial charge in [0.1, 0.15) is 0 Å². The number of fused-ring (bicyclic) bond motifs is 1. The van der Waals surface area contributed by atoms with E-state index in [0.717, 1.165) is 49.2 Å². The fraction of sp³-hybridized carbons (Fsp3) is 0.474. The molecule has 0 bridgehead atoms. The molecular weight excluding hydrogens is 316 g/mol. The number of carbonyl (C=O) groups excluding carboxylic acids is 1. The van der Waals surface area contributed by atoms with E-state index in [4.69, 9.17) is 4.74 Å². The van der Waals surface area contributed by atoms with Crippen molar-refractivity contribution in [3.05, 3.63) is 30.3 Å². The van der Waals surface area contributed by atoms with Gasteiger partial charge in [-0.1, -0.05) is 6.92 Å². The van der Waals surface area contributed by atoms with Crippen molar-refractivity contribution in [2.45, 2.75) is 13.3 Å². The first-order valence-corrected chi connectivity index (χ1v) is 8.78. The lowest BCUT2D eigenvalue weighted by molar-refractivity contribution is 0.218. The number of nitrogens with one attached hydrogen (secondary N) is 1. The molecule has 0 radical (unpaired) electrons. The number of hydrogen-bond acceptors (Lipinski definition) is 4. The Kier molecular flexibility index (Phi) is 5.38. The molecule has 1 aliphatic rings. The molecule has 1 saturated heterocycles. The number of aromatic nitrogens is 1. The molecule has 2 heterocycles. The van der Waals surface area contributed by atoms with Gasteiger partial charge < -0.3 is 19.9 Å². The normalized spacial score (nSPS) is 17.3. The molecule has 1 fully saturated rings. The Balaban J connectivity index is 1.62. The zero-order chi connectivity index (χ0) is 17.8. The minimum absolute atomic E-state index is 0.0255. The number of pyridine rings is 1. The third kappa shape index (κ3) is 4.20. The van der Waals surface area contributed by atoms with Crippen LogP contribution in [0.3, 0.4) is 0 Å². The van der Waals surface area contributed by atoms with Gasteiger partial charge in [-0.25, -0.2) is 9.78 Å². The van der Waals surface area contributed by atoms with E-state index in [-0.39, 0.29) is 6.03 Å². The molecule has 2 amide bonds. The van der Waals surface area contributed by atoms with Gasteiger partial charge in [0.25, 0.3) is 0 Å². The topological polar surface area (TPSA) is 57.7 Å². The van der Waals surface area contributed by atoms with E-state index < -0.39 is 0 Å². The molecule has 0 saturated carbocycles. The molecule has 25 heavy (non-hydrogen) atoms. The summed E-state index contributed by atoms with van der Waals surface area (Å²) >= 11 is 0. The zero-order valence-electron chi connectivity index (χ0n) is 15.2. The van der Waals surface area contributed by atoms with Gasteiger partial charge in [-0.15, -0.1) is 0 Å². The molecule has 6 heteroatoms. The van der Waals surface area contributed by atoms with Crippen LogP contribution in [0.1, 0.15) is 13.3 Å². The van der Waals surface area contributed by atoms with Crippen LogP contribution in [-0.4, -0.2) is 61.2 Å². The Labute approximate surface area is 148 Å². The summed E-state index contributed by atoms with van der Waals surface area (Å²) in [5.74, 6) is 1.15. The molecule has 0 aliphatic carbocycles. The SMILES string of the molecule is CCN(C)C[C@H]1CCN(C(=O)Nc2ccc3nc(OC)ccc3c2)C1. The minimum atomic E-state index is -0.0255. The van der Waals surface area contributed by atoms with Gasteiger partial charge in [-0.2, -0.15) is 0 Å². The van der Waals surface area contributed by atoms with Crippen LogP contribution >= 0.6 is 0 Å². The largest absolute Gasteiger partial charge is 0.481 e. The second-order valence-corrected chi connectivity index (χ2v) is 6.65. The molecule has 3 rings (SSSR count). The van der Waals surface area contributed by atoms with E-state index in [1.807, 2.05) is 35.2 Å². The number of benzene rings is 1. The summed E-state index contributed by atoms with van der Waals surface area (Å²) in [6.07, 6.45) is 1.07. The van der Waals surface area contributed by atoms with E-state index in [2.05, 4.69) is 29.2 Å². The molecule has 1 aliphatic heterocycles. The number of nitrogens with zero attached hydrogens (tertiary/aromatic N) is 3. The van der Waals surface area contributed by atoms with Gasteiger partial charge in [-0.3, -0.25) is 0 Å². The summed E-state index contributed by atoms with van der Waals surface area (Å²) in [7, 11) is 3.73. The van der Waals surface area contributed by atoms with E-state index in [1.165, 1.54) is 0 Å². The molecule has 0 spiro atoms. The number of anilines is 1. The highest BCUT2D eigenvalue weighted by Crippen LogP contribution is 2.22. The summed E-state index contributed by atoms with van der Waals surface area (Å²) in [5, 5.41) is 3.98. The summed E-state index contributed by atoms with van der Waals surface area (Å²) in [5.41, 5.74) is 1.64. The lowest BCUT2D eigenvalue weighted by atomic mass is 10.1. The van der Waals surface area contributed by atoms with Crippen molar-refractivity contribution in [1.29, 1.82) is 0 Å². The first-order chi connectivity index (χ1) is 12.1. The number of ether oxygens (including phenoxy) is 1. The van der Waals surface area contributed by atoms with Crippen LogP contribution in [-0.2, 0) is 0 Å². The monoisotopic (exact) mass is 342 g/mol. The Morgan fingerprint density at radius 2 is 2.24 bits per heavy atom. The van der Waals surface area contributed by atoms with Crippen molar-refractivity contribution >= 4 is 22.6 Å². The van der Waals surface area contributed by atoms with Crippen molar-refractivity contribution < 1.29 is 9.53 Å².